The average molecular weight is 2030 g/mol. The van der Waals surface area contributed by atoms with Crippen LogP contribution in [0.4, 0.5) is 144 Å². The Morgan fingerprint density at radius 2 is 0.819 bits per heavy atom. The molecule has 3 aromatic heterocycles. The van der Waals surface area contributed by atoms with Crippen LogP contribution < -0.4 is 30.7 Å². The highest BCUT2D eigenvalue weighted by Crippen LogP contribution is 2.52. The third kappa shape index (κ3) is 22.6. The van der Waals surface area contributed by atoms with Gasteiger partial charge in [0.25, 0.3) is 35.4 Å². The Morgan fingerprint density at radius 1 is 0.441 bits per heavy atom. The summed E-state index contributed by atoms with van der Waals surface area (Å²) in [4.78, 5) is 93.5. The lowest BCUT2D eigenvalue weighted by molar-refractivity contribution is -0.229. The van der Waals surface area contributed by atoms with E-state index in [1.165, 1.54) is 42.7 Å². The normalized spacial score (nSPS) is 15.4. The summed E-state index contributed by atoms with van der Waals surface area (Å²) in [6, 6.07) is 14.9. The number of alkyl halides is 20. The van der Waals surface area contributed by atoms with E-state index in [0.29, 0.717) is 31.9 Å². The summed E-state index contributed by atoms with van der Waals surface area (Å²) >= 11 is 14.1. The summed E-state index contributed by atoms with van der Waals surface area (Å²) in [5, 5.41) is 5.81. The lowest BCUT2D eigenvalue weighted by Gasteiger charge is -2.30. The molecule has 5 unspecified atom stereocenters. The van der Waals surface area contributed by atoms with E-state index in [4.69, 9.17) is 11.6 Å². The molecule has 3 saturated carbocycles. The Labute approximate surface area is 733 Å². The van der Waals surface area contributed by atoms with Crippen molar-refractivity contribution in [1.29, 1.82) is 0 Å². The van der Waals surface area contributed by atoms with Gasteiger partial charge in [-0.3, -0.25) is 38.7 Å². The maximum atomic E-state index is 16.0. The Balaban J connectivity index is 0.000000199. The molecular formula is C83H62Br3ClF25N9O6. The molecule has 3 heterocycles. The molecule has 0 radical (unpaired) electrons. The molecule has 3 aliphatic rings. The fraction of sp³-hybridized carbons (Fsp3) is 0.313. The standard InChI is InChI=1S/C28H21BrClF8N3O2.C28H21BrF9N3O2.C27H20BrF8N3O2/c2*1-13(14-6-7-14)41(25(43)15-8-17(30)12-39-11-15)21-5-3-4-18(22(21)31)24(42)40-23-19(27(33,34)35)9-16(10-20(23)29)26(2,32)28(36,37)38;1-13(26(31,32)33)16-9-18(27(34,35)36)23(19(28)10-16)38-24(40)17-3-2-4-20(22(17)30)39(12-14-5-6-14)25(41)15-7-8-21(29)37-11-15/h2*3-5,8-14H,6-7H2,1-2H3,(H,40,42);2-4,7-11,13-14H,5-6,12H2,1H3,(H,38,40). The molecule has 0 aliphatic heterocycles. The van der Waals surface area contributed by atoms with Crippen LogP contribution in [-0.4, -0.2) is 87.6 Å². The molecule has 3 fully saturated rings. The van der Waals surface area contributed by atoms with Crippen molar-refractivity contribution in [3.05, 3.63) is 261 Å². The van der Waals surface area contributed by atoms with Crippen LogP contribution in [-0.2, 0) is 29.9 Å². The van der Waals surface area contributed by atoms with Gasteiger partial charge in [-0.05, 0) is 252 Å². The van der Waals surface area contributed by atoms with E-state index in [2.05, 4.69) is 62.7 Å². The smallest absolute Gasteiger partial charge is 0.320 e. The van der Waals surface area contributed by atoms with Gasteiger partial charge in [0.15, 0.2) is 17.5 Å². The molecule has 6 aromatic carbocycles. The van der Waals surface area contributed by atoms with E-state index < -0.39 is 217 Å². The molecule has 12 rings (SSSR count). The first-order valence-electron chi connectivity index (χ1n) is 37.2. The number of hydrogen-bond donors (Lipinski definition) is 3. The molecular weight excluding hydrogens is 1970 g/mol. The number of halogens is 29. The lowest BCUT2D eigenvalue weighted by atomic mass is 9.94. The minimum Gasteiger partial charge on any atom is -0.320 e. The molecule has 15 nitrogen and oxygen atoms in total. The number of carbonyl (C=O) groups excluding carboxylic acids is 6. The maximum absolute atomic E-state index is 16.0. The van der Waals surface area contributed by atoms with Crippen molar-refractivity contribution in [1.82, 2.24) is 15.0 Å². The Hall–Kier alpha value is -10.4. The second-order valence-corrected chi connectivity index (χ2v) is 32.7. The topological polar surface area (TPSA) is 187 Å². The SMILES string of the molecule is CC(C1CC1)N(C(=O)c1cncc(Cl)c1)c1cccc(C(=O)Nc2c(Br)cc(C(C)(F)C(F)(F)F)cc2C(F)(F)F)c1F.CC(C1CC1)N(C(=O)c1cncc(F)c1)c1cccc(C(=O)Nc2c(Br)cc(C(C)(F)C(F)(F)F)cc2C(F)(F)F)c1F.CC(c1cc(Br)c(NC(=O)c2cccc(N(CC3CC3)C(=O)c3ccc(F)nc3)c2F)c(C(F)(F)F)c1)C(F)(F)F. The van der Waals surface area contributed by atoms with Gasteiger partial charge in [0.05, 0.1) is 101 Å². The fourth-order valence-corrected chi connectivity index (χ4v) is 14.7. The zero-order valence-electron chi connectivity index (χ0n) is 65.4. The first-order valence-corrected chi connectivity index (χ1v) is 39.9. The van der Waals surface area contributed by atoms with E-state index in [1.54, 1.807) is 13.8 Å². The summed E-state index contributed by atoms with van der Waals surface area (Å²) < 4.78 is 346. The first-order chi connectivity index (χ1) is 58.8. The summed E-state index contributed by atoms with van der Waals surface area (Å²) in [5.41, 5.74) is -23.7. The number of pyridine rings is 3. The van der Waals surface area contributed by atoms with E-state index in [9.17, 15) is 125 Å². The predicted molar refractivity (Wildman–Crippen MR) is 424 cm³/mol. The Morgan fingerprint density at radius 3 is 1.17 bits per heavy atom. The number of nitrogens with zero attached hydrogens (tertiary/aromatic N) is 6. The first kappa shape index (κ1) is 98.7. The van der Waals surface area contributed by atoms with E-state index in [1.807, 2.05) is 16.0 Å². The third-order valence-corrected chi connectivity index (χ3v) is 22.7. The number of benzene rings is 6. The summed E-state index contributed by atoms with van der Waals surface area (Å²) in [5.74, 6) is -14.2. The van der Waals surface area contributed by atoms with Gasteiger partial charge in [0.1, 0.15) is 5.82 Å². The summed E-state index contributed by atoms with van der Waals surface area (Å²) in [6.07, 6.45) is -22.1. The van der Waals surface area contributed by atoms with Crippen LogP contribution in [0.3, 0.4) is 0 Å². The van der Waals surface area contributed by atoms with Crippen molar-refractivity contribution in [2.45, 2.75) is 140 Å². The van der Waals surface area contributed by atoms with Crippen molar-refractivity contribution in [2.75, 3.05) is 37.2 Å². The van der Waals surface area contributed by atoms with Crippen LogP contribution in [0, 0.1) is 47.0 Å². The van der Waals surface area contributed by atoms with Crippen LogP contribution in [0.1, 0.15) is 175 Å². The van der Waals surface area contributed by atoms with Gasteiger partial charge >= 0.3 is 37.1 Å². The number of nitrogens with one attached hydrogen (secondary N) is 3. The number of amides is 6. The summed E-state index contributed by atoms with van der Waals surface area (Å²) in [6.45, 7) is 4.14. The van der Waals surface area contributed by atoms with Crippen molar-refractivity contribution in [3.8, 4) is 0 Å². The highest BCUT2D eigenvalue weighted by atomic mass is 79.9. The zero-order chi connectivity index (χ0) is 94.4. The molecule has 3 N–H and O–H groups in total. The van der Waals surface area contributed by atoms with Crippen molar-refractivity contribution in [2.24, 2.45) is 17.8 Å². The molecule has 127 heavy (non-hydrogen) atoms. The minimum absolute atomic E-state index is 0.00896. The molecule has 44 heteroatoms. The number of anilines is 6. The van der Waals surface area contributed by atoms with Crippen molar-refractivity contribution in [3.63, 3.8) is 0 Å². The molecule has 3 aliphatic carbocycles. The maximum Gasteiger partial charge on any atom is 0.426 e. The average Bonchev–Trinajstić information content (AvgIpc) is 1.76. The Kier molecular flexibility index (Phi) is 29.3. The molecule has 0 spiro atoms. The number of hydrogen-bond acceptors (Lipinski definition) is 9. The van der Waals surface area contributed by atoms with E-state index >= 15 is 13.2 Å². The second kappa shape index (κ2) is 37.7. The number of carbonyl (C=O) groups is 6. The second-order valence-electron chi connectivity index (χ2n) is 29.7. The van der Waals surface area contributed by atoms with Crippen molar-refractivity contribution < 1.29 is 139 Å². The zero-order valence-corrected chi connectivity index (χ0v) is 70.9. The van der Waals surface area contributed by atoms with Gasteiger partial charge in [-0.15, -0.1) is 0 Å². The monoisotopic (exact) mass is 2030 g/mol. The molecule has 0 saturated heterocycles. The third-order valence-electron chi connectivity index (χ3n) is 20.7. The van der Waals surface area contributed by atoms with Gasteiger partial charge in [0.2, 0.25) is 17.3 Å². The van der Waals surface area contributed by atoms with E-state index in [-0.39, 0.29) is 89.4 Å². The van der Waals surface area contributed by atoms with Gasteiger partial charge in [0, 0.05) is 56.8 Å². The summed E-state index contributed by atoms with van der Waals surface area (Å²) in [7, 11) is 0. The minimum atomic E-state index is -5.56. The fourth-order valence-electron chi connectivity index (χ4n) is 12.9. The molecule has 0 bridgehead atoms. The quantitative estimate of drug-likeness (QED) is 0.0465. The van der Waals surface area contributed by atoms with Crippen LogP contribution in [0.5, 0.6) is 0 Å². The van der Waals surface area contributed by atoms with E-state index in [0.717, 1.165) is 114 Å². The van der Waals surface area contributed by atoms with Gasteiger partial charge in [-0.1, -0.05) is 29.8 Å². The van der Waals surface area contributed by atoms with Gasteiger partial charge < -0.3 is 30.7 Å². The Bertz CT molecular complexity index is 5470. The van der Waals surface area contributed by atoms with Crippen LogP contribution in [0.25, 0.3) is 0 Å². The molecule has 678 valence electrons. The molecule has 5 atom stereocenters. The van der Waals surface area contributed by atoms with Crippen molar-refractivity contribution >= 4 is 129 Å². The van der Waals surface area contributed by atoms with Crippen LogP contribution >= 0.6 is 59.4 Å². The molecule has 9 aromatic rings. The number of aromatic nitrogens is 3. The predicted octanol–water partition coefficient (Wildman–Crippen LogP) is 25.8. The lowest BCUT2D eigenvalue weighted by Crippen LogP contribution is -2.41. The van der Waals surface area contributed by atoms with Crippen LogP contribution in [0.15, 0.2) is 160 Å². The highest BCUT2D eigenvalue weighted by molar-refractivity contribution is 9.11. The number of rotatable bonds is 21. The van der Waals surface area contributed by atoms with Crippen LogP contribution in [0.2, 0.25) is 5.02 Å². The molecule has 6 amide bonds. The van der Waals surface area contributed by atoms with Gasteiger partial charge in [-0.25, -0.2) is 31.3 Å². The largest absolute Gasteiger partial charge is 0.426 e. The highest BCUT2D eigenvalue weighted by Gasteiger charge is 2.56. The van der Waals surface area contributed by atoms with Gasteiger partial charge in [-0.2, -0.15) is 83.4 Å².